The maximum Gasteiger partial charge on any atom is 0.191 e. The lowest BCUT2D eigenvalue weighted by molar-refractivity contribution is 0.320. The first-order valence-electron chi connectivity index (χ1n) is 4.99. The third-order valence-electron chi connectivity index (χ3n) is 2.03. The van der Waals surface area contributed by atoms with Crippen molar-refractivity contribution in [3.63, 3.8) is 0 Å². The zero-order valence-corrected chi connectivity index (χ0v) is 10.5. The Labute approximate surface area is 105 Å². The lowest BCUT2D eigenvalue weighted by Crippen LogP contribution is -2.25. The highest BCUT2D eigenvalue weighted by Crippen LogP contribution is 2.04. The second-order valence-corrected chi connectivity index (χ2v) is 3.72. The second-order valence-electron chi connectivity index (χ2n) is 3.31. The van der Waals surface area contributed by atoms with E-state index in [1.807, 2.05) is 30.3 Å². The van der Waals surface area contributed by atoms with Gasteiger partial charge >= 0.3 is 0 Å². The van der Waals surface area contributed by atoms with Crippen LogP contribution in [-0.2, 0) is 0 Å². The van der Waals surface area contributed by atoms with Gasteiger partial charge in [-0.15, -0.1) is 0 Å². The molecule has 0 unspecified atom stereocenters. The predicted molar refractivity (Wildman–Crippen MR) is 73.8 cm³/mol. The number of oxime groups is 1. The molecule has 0 aliphatic carbocycles. The van der Waals surface area contributed by atoms with E-state index in [-0.39, 0.29) is 0 Å². The summed E-state index contributed by atoms with van der Waals surface area (Å²) < 4.78 is 0. The molecule has 0 aliphatic heterocycles. The topological polar surface area (TPSA) is 69.0 Å². The molecule has 90 valence electrons. The van der Waals surface area contributed by atoms with Crippen LogP contribution in [0.2, 0.25) is 0 Å². The maximum absolute atomic E-state index is 8.54. The Morgan fingerprint density at radius 3 is 2.41 bits per heavy atom. The number of hydrogen-bond donors (Lipinski definition) is 3. The molecule has 0 saturated carbocycles. The number of rotatable bonds is 3. The van der Waals surface area contributed by atoms with E-state index in [9.17, 15) is 0 Å². The third kappa shape index (κ3) is 4.60. The summed E-state index contributed by atoms with van der Waals surface area (Å²) in [5.74, 6) is 0. The monoisotopic (exact) mass is 250 g/mol. The molecule has 0 aliphatic rings. The first-order chi connectivity index (χ1) is 8.13. The highest BCUT2D eigenvalue weighted by Gasteiger charge is 1.98. The molecule has 1 aromatic rings. The number of thiocarbonyl (C=S) groups is 1. The van der Waals surface area contributed by atoms with Crippen LogP contribution in [0, 0.1) is 0 Å². The van der Waals surface area contributed by atoms with Gasteiger partial charge in [0.05, 0.1) is 11.4 Å². The maximum atomic E-state index is 8.54. The lowest BCUT2D eigenvalue weighted by atomic mass is 10.3. The van der Waals surface area contributed by atoms with Gasteiger partial charge < -0.3 is 10.5 Å². The summed E-state index contributed by atoms with van der Waals surface area (Å²) in [5.41, 5.74) is 4.53. The minimum absolute atomic E-state index is 0.376. The van der Waals surface area contributed by atoms with E-state index in [0.29, 0.717) is 16.5 Å². The molecular weight excluding hydrogens is 236 g/mol. The summed E-state index contributed by atoms with van der Waals surface area (Å²) in [4.78, 5) is 0. The largest absolute Gasteiger partial charge is 0.411 e. The van der Waals surface area contributed by atoms with Crippen LogP contribution >= 0.6 is 12.2 Å². The number of nitrogens with one attached hydrogen (secondary N) is 2. The van der Waals surface area contributed by atoms with Gasteiger partial charge in [-0.05, 0) is 38.2 Å². The Morgan fingerprint density at radius 1 is 1.18 bits per heavy atom. The third-order valence-corrected chi connectivity index (χ3v) is 2.22. The van der Waals surface area contributed by atoms with Gasteiger partial charge in [0.2, 0.25) is 0 Å². The first kappa shape index (κ1) is 13.1. The molecule has 0 atom stereocenters. The number of hydrazone groups is 1. The van der Waals surface area contributed by atoms with Crippen LogP contribution in [0.4, 0.5) is 5.69 Å². The Bertz CT molecular complexity index is 442. The highest BCUT2D eigenvalue weighted by atomic mass is 32.1. The summed E-state index contributed by atoms with van der Waals surface area (Å²) in [6.45, 7) is 3.36. The van der Waals surface area contributed by atoms with Crippen molar-refractivity contribution < 1.29 is 5.21 Å². The second kappa shape index (κ2) is 6.59. The molecule has 17 heavy (non-hydrogen) atoms. The predicted octanol–water partition coefficient (Wildman–Crippen LogP) is 2.20. The van der Waals surface area contributed by atoms with Crippen LogP contribution in [0.1, 0.15) is 13.8 Å². The van der Waals surface area contributed by atoms with Crippen LogP contribution in [0.15, 0.2) is 40.6 Å². The standard InChI is InChI=1S/C11H14N4OS/c1-8(9(2)15-16)13-14-11(17)12-10-6-4-3-5-7-10/h3-7,16H,1-2H3,(H2,12,14,17)/b13-8+,15-9+. The molecule has 0 aromatic heterocycles. The van der Waals surface area contributed by atoms with Gasteiger partial charge in [-0.2, -0.15) is 5.10 Å². The fourth-order valence-electron chi connectivity index (χ4n) is 0.968. The van der Waals surface area contributed by atoms with E-state index in [1.165, 1.54) is 0 Å². The van der Waals surface area contributed by atoms with E-state index in [4.69, 9.17) is 17.4 Å². The van der Waals surface area contributed by atoms with Gasteiger partial charge in [0.15, 0.2) is 5.11 Å². The number of hydrogen-bond acceptors (Lipinski definition) is 4. The van der Waals surface area contributed by atoms with Crippen molar-refractivity contribution in [1.82, 2.24) is 5.43 Å². The normalized spacial score (nSPS) is 12.1. The minimum Gasteiger partial charge on any atom is -0.411 e. The van der Waals surface area contributed by atoms with E-state index < -0.39 is 0 Å². The van der Waals surface area contributed by atoms with Crippen molar-refractivity contribution in [2.45, 2.75) is 13.8 Å². The Morgan fingerprint density at radius 2 is 1.82 bits per heavy atom. The molecule has 0 bridgehead atoms. The fraction of sp³-hybridized carbons (Fsp3) is 0.182. The minimum atomic E-state index is 0.376. The summed E-state index contributed by atoms with van der Waals surface area (Å²) in [5, 5.41) is 18.9. The van der Waals surface area contributed by atoms with Crippen LogP contribution in [-0.4, -0.2) is 21.7 Å². The molecule has 0 spiro atoms. The van der Waals surface area contributed by atoms with Gasteiger partial charge in [0.1, 0.15) is 0 Å². The van der Waals surface area contributed by atoms with Crippen molar-refractivity contribution in [3.8, 4) is 0 Å². The van der Waals surface area contributed by atoms with E-state index >= 15 is 0 Å². The quantitative estimate of drug-likeness (QED) is 0.333. The van der Waals surface area contributed by atoms with Crippen molar-refractivity contribution in [2.24, 2.45) is 10.3 Å². The lowest BCUT2D eigenvalue weighted by Gasteiger charge is -2.07. The van der Waals surface area contributed by atoms with Crippen LogP contribution in [0.25, 0.3) is 0 Å². The molecule has 1 aromatic carbocycles. The SMILES string of the molecule is CC(=N\O)/C(C)=N/NC(=S)Nc1ccccc1. The molecule has 1 rings (SSSR count). The molecule has 0 fully saturated rings. The summed E-state index contributed by atoms with van der Waals surface area (Å²) >= 11 is 5.05. The van der Waals surface area contributed by atoms with E-state index in [2.05, 4.69) is 21.0 Å². The van der Waals surface area contributed by atoms with Gasteiger partial charge in [-0.25, -0.2) is 0 Å². The van der Waals surface area contributed by atoms with Crippen molar-refractivity contribution in [1.29, 1.82) is 0 Å². The smallest absolute Gasteiger partial charge is 0.191 e. The van der Waals surface area contributed by atoms with Crippen molar-refractivity contribution in [3.05, 3.63) is 30.3 Å². The van der Waals surface area contributed by atoms with E-state index in [0.717, 1.165) is 5.69 Å². The molecule has 0 saturated heterocycles. The number of para-hydroxylation sites is 1. The Hall–Kier alpha value is -1.95. The van der Waals surface area contributed by atoms with Gasteiger partial charge in [0, 0.05) is 5.69 Å². The van der Waals surface area contributed by atoms with Crippen LogP contribution in [0.5, 0.6) is 0 Å². The average molecular weight is 250 g/mol. The molecule has 0 amide bonds. The van der Waals surface area contributed by atoms with E-state index in [1.54, 1.807) is 13.8 Å². The van der Waals surface area contributed by atoms with Crippen molar-refractivity contribution >= 4 is 34.4 Å². The molecule has 0 heterocycles. The summed E-state index contributed by atoms with van der Waals surface area (Å²) in [6.07, 6.45) is 0. The van der Waals surface area contributed by atoms with Crippen LogP contribution in [0.3, 0.4) is 0 Å². The molecule has 3 N–H and O–H groups in total. The first-order valence-corrected chi connectivity index (χ1v) is 5.39. The van der Waals surface area contributed by atoms with Gasteiger partial charge in [0.25, 0.3) is 0 Å². The molecular formula is C11H14N4OS. The van der Waals surface area contributed by atoms with Crippen LogP contribution < -0.4 is 10.7 Å². The molecule has 0 radical (unpaired) electrons. The molecule has 6 heteroatoms. The number of anilines is 1. The Balaban J connectivity index is 2.52. The number of nitrogens with zero attached hydrogens (tertiary/aromatic N) is 2. The Kier molecular flexibility index (Phi) is 5.09. The zero-order valence-electron chi connectivity index (χ0n) is 9.64. The highest BCUT2D eigenvalue weighted by molar-refractivity contribution is 7.80. The zero-order chi connectivity index (χ0) is 12.7. The van der Waals surface area contributed by atoms with Gasteiger partial charge in [-0.1, -0.05) is 23.4 Å². The molecule has 5 nitrogen and oxygen atoms in total. The fourth-order valence-corrected chi connectivity index (χ4v) is 1.13. The summed E-state index contributed by atoms with van der Waals surface area (Å²) in [6, 6.07) is 9.52. The average Bonchev–Trinajstić information content (AvgIpc) is 2.36. The van der Waals surface area contributed by atoms with Gasteiger partial charge in [-0.3, -0.25) is 5.43 Å². The number of benzene rings is 1. The summed E-state index contributed by atoms with van der Waals surface area (Å²) in [7, 11) is 0. The van der Waals surface area contributed by atoms with Crippen molar-refractivity contribution in [2.75, 3.05) is 5.32 Å².